The van der Waals surface area contributed by atoms with Crippen molar-refractivity contribution in [2.45, 2.75) is 10.1 Å². The fourth-order valence-corrected chi connectivity index (χ4v) is 7.03. The van der Waals surface area contributed by atoms with Gasteiger partial charge in [0, 0.05) is 39.2 Å². The lowest BCUT2D eigenvalue weighted by molar-refractivity contribution is -0.384. The topological polar surface area (TPSA) is 162 Å². The molecule has 276 valence electrons. The zero-order chi connectivity index (χ0) is 38.7. The monoisotopic (exact) mass is 771 g/mol. The Labute approximate surface area is 324 Å². The molecule has 1 unspecified atom stereocenters. The molecule has 3 N–H and O–H groups in total. The van der Waals surface area contributed by atoms with Crippen molar-refractivity contribution in [3.63, 3.8) is 0 Å². The molecule has 0 saturated heterocycles. The Morgan fingerprint density at radius 1 is 0.818 bits per heavy atom. The number of nitrogens with zero attached hydrogens (tertiary/aromatic N) is 2. The highest BCUT2D eigenvalue weighted by Crippen LogP contribution is 2.38. The average molecular weight is 772 g/mol. The summed E-state index contributed by atoms with van der Waals surface area (Å²) in [4.78, 5) is 56.4. The van der Waals surface area contributed by atoms with Crippen LogP contribution in [0.2, 0.25) is 0 Å². The number of rotatable bonds is 14. The number of amides is 3. The number of benzene rings is 5. The van der Waals surface area contributed by atoms with E-state index >= 15 is 0 Å². The molecule has 0 aliphatic carbocycles. The third-order valence-corrected chi connectivity index (χ3v) is 10.1. The van der Waals surface area contributed by atoms with Crippen molar-refractivity contribution in [2.24, 2.45) is 0 Å². The summed E-state index contributed by atoms with van der Waals surface area (Å²) in [5, 5.41) is 21.2. The van der Waals surface area contributed by atoms with Gasteiger partial charge in [0.1, 0.15) is 10.9 Å². The Bertz CT molecular complexity index is 2330. The number of methoxy groups -OCH3 is 2. The van der Waals surface area contributed by atoms with E-state index in [2.05, 4.69) is 20.9 Å². The standard InChI is InChI=1S/C41H33N5O7S2/c1-52-35-22-15-29(24-36(35)53-2)34-25-54-41(44-34)45-40(49)37(27-9-5-3-6-10-27)55-32-20-16-30(17-21-32)42-39(48)33(43-38(47)28-11-7-4-8-12-28)23-26-13-18-31(19-14-26)46(50)51/h3-25,37H,1-2H3,(H,42,48)(H,43,47)(H,44,45,49)/b33-23-. The third-order valence-electron chi connectivity index (χ3n) is 8.06. The molecular formula is C41H33N5O7S2. The first-order valence-electron chi connectivity index (χ1n) is 16.6. The summed E-state index contributed by atoms with van der Waals surface area (Å²) in [6.07, 6.45) is 1.44. The Morgan fingerprint density at radius 3 is 2.15 bits per heavy atom. The van der Waals surface area contributed by atoms with E-state index in [-0.39, 0.29) is 17.3 Å². The number of thioether (sulfide) groups is 1. The highest BCUT2D eigenvalue weighted by molar-refractivity contribution is 8.00. The van der Waals surface area contributed by atoms with Crippen molar-refractivity contribution in [2.75, 3.05) is 24.9 Å². The lowest BCUT2D eigenvalue weighted by atomic mass is 10.1. The predicted molar refractivity (Wildman–Crippen MR) is 214 cm³/mol. The first-order chi connectivity index (χ1) is 26.7. The zero-order valence-corrected chi connectivity index (χ0v) is 31.1. The molecule has 0 aliphatic heterocycles. The van der Waals surface area contributed by atoms with Crippen molar-refractivity contribution < 1.29 is 28.8 Å². The highest BCUT2D eigenvalue weighted by Gasteiger charge is 2.24. The van der Waals surface area contributed by atoms with Crippen LogP contribution >= 0.6 is 23.1 Å². The largest absolute Gasteiger partial charge is 0.493 e. The summed E-state index contributed by atoms with van der Waals surface area (Å²) in [5.41, 5.74) is 3.34. The highest BCUT2D eigenvalue weighted by atomic mass is 32.2. The third kappa shape index (κ3) is 9.81. The minimum atomic E-state index is -0.639. The molecule has 6 rings (SSSR count). The second kappa shape index (κ2) is 17.8. The maximum atomic E-state index is 13.8. The number of anilines is 2. The minimum Gasteiger partial charge on any atom is -0.493 e. The first kappa shape index (κ1) is 38.0. The number of nitrogens with one attached hydrogen (secondary N) is 3. The molecule has 55 heavy (non-hydrogen) atoms. The van der Waals surface area contributed by atoms with Crippen LogP contribution in [0.4, 0.5) is 16.5 Å². The SMILES string of the molecule is COc1ccc(-c2csc(NC(=O)C(Sc3ccc(NC(=O)/C(=C/c4ccc([N+](=O)[O-])cc4)NC(=O)c4ccccc4)cc3)c3ccccc3)n2)cc1OC. The van der Waals surface area contributed by atoms with Crippen LogP contribution in [-0.2, 0) is 9.59 Å². The van der Waals surface area contributed by atoms with Gasteiger partial charge >= 0.3 is 0 Å². The quantitative estimate of drug-likeness (QED) is 0.0426. The number of nitro groups is 1. The summed E-state index contributed by atoms with van der Waals surface area (Å²) in [5.74, 6) is -0.214. The molecule has 1 aromatic heterocycles. The van der Waals surface area contributed by atoms with Crippen molar-refractivity contribution in [3.05, 3.63) is 165 Å². The van der Waals surface area contributed by atoms with Crippen molar-refractivity contribution >= 4 is 63.4 Å². The maximum Gasteiger partial charge on any atom is 0.272 e. The number of aromatic nitrogens is 1. The van der Waals surface area contributed by atoms with E-state index in [0.29, 0.717) is 39.1 Å². The van der Waals surface area contributed by atoms with Gasteiger partial charge in [-0.05, 0) is 83.9 Å². The van der Waals surface area contributed by atoms with Gasteiger partial charge in [0.2, 0.25) is 5.91 Å². The lowest BCUT2D eigenvalue weighted by Crippen LogP contribution is -2.30. The fourth-order valence-electron chi connectivity index (χ4n) is 5.28. The van der Waals surface area contributed by atoms with Gasteiger partial charge < -0.3 is 25.4 Å². The molecule has 0 saturated carbocycles. The number of hydrogen-bond acceptors (Lipinski definition) is 10. The van der Waals surface area contributed by atoms with Crippen molar-refractivity contribution in [3.8, 4) is 22.8 Å². The second-order valence-corrected chi connectivity index (χ2v) is 13.7. The van der Waals surface area contributed by atoms with Gasteiger partial charge in [-0.2, -0.15) is 0 Å². The molecule has 6 aromatic rings. The van der Waals surface area contributed by atoms with Crippen LogP contribution in [-0.4, -0.2) is 41.8 Å². The van der Waals surface area contributed by atoms with Gasteiger partial charge in [-0.15, -0.1) is 23.1 Å². The van der Waals surface area contributed by atoms with Gasteiger partial charge in [0.25, 0.3) is 17.5 Å². The normalized spacial score (nSPS) is 11.6. The number of nitro benzene ring substituents is 1. The Morgan fingerprint density at radius 2 is 1.49 bits per heavy atom. The molecule has 3 amide bonds. The summed E-state index contributed by atoms with van der Waals surface area (Å²) < 4.78 is 10.8. The average Bonchev–Trinajstić information content (AvgIpc) is 3.69. The van der Waals surface area contributed by atoms with Gasteiger partial charge in [0.15, 0.2) is 16.6 Å². The van der Waals surface area contributed by atoms with E-state index in [0.717, 1.165) is 16.0 Å². The van der Waals surface area contributed by atoms with Gasteiger partial charge in [-0.3, -0.25) is 24.5 Å². The van der Waals surface area contributed by atoms with Crippen molar-refractivity contribution in [1.82, 2.24) is 10.3 Å². The lowest BCUT2D eigenvalue weighted by Gasteiger charge is -2.17. The number of hydrogen-bond donors (Lipinski definition) is 3. The van der Waals surface area contributed by atoms with Crippen LogP contribution < -0.4 is 25.4 Å². The van der Waals surface area contributed by atoms with E-state index in [4.69, 9.17) is 9.47 Å². The van der Waals surface area contributed by atoms with Crippen LogP contribution in [0.25, 0.3) is 17.3 Å². The van der Waals surface area contributed by atoms with E-state index in [1.54, 1.807) is 74.9 Å². The Hall–Kier alpha value is -6.77. The number of thiazole rings is 1. The minimum absolute atomic E-state index is 0.0709. The Balaban J connectivity index is 1.17. The molecule has 5 aromatic carbocycles. The molecule has 0 spiro atoms. The predicted octanol–water partition coefficient (Wildman–Crippen LogP) is 8.62. The Kier molecular flexibility index (Phi) is 12.3. The number of ether oxygens (including phenoxy) is 2. The van der Waals surface area contributed by atoms with Crippen molar-refractivity contribution in [1.29, 1.82) is 0 Å². The van der Waals surface area contributed by atoms with E-state index < -0.39 is 22.0 Å². The second-order valence-electron chi connectivity index (χ2n) is 11.7. The van der Waals surface area contributed by atoms with Crippen LogP contribution in [0.3, 0.4) is 0 Å². The molecular weight excluding hydrogens is 739 g/mol. The molecule has 0 fully saturated rings. The molecule has 0 aliphatic rings. The molecule has 0 radical (unpaired) electrons. The number of carbonyl (C=O) groups is 3. The smallest absolute Gasteiger partial charge is 0.272 e. The number of carbonyl (C=O) groups excluding carboxylic acids is 3. The van der Waals surface area contributed by atoms with Gasteiger partial charge in [-0.25, -0.2) is 4.98 Å². The molecule has 0 bridgehead atoms. The zero-order valence-electron chi connectivity index (χ0n) is 29.4. The first-order valence-corrected chi connectivity index (χ1v) is 18.4. The van der Waals surface area contributed by atoms with Gasteiger partial charge in [-0.1, -0.05) is 48.5 Å². The van der Waals surface area contributed by atoms with Gasteiger partial charge in [0.05, 0.1) is 24.8 Å². The fraction of sp³-hybridized carbons (Fsp3) is 0.0732. The molecule has 1 heterocycles. The molecule has 1 atom stereocenters. The summed E-state index contributed by atoms with van der Waals surface area (Å²) in [6.45, 7) is 0. The van der Waals surface area contributed by atoms with Crippen LogP contribution in [0.5, 0.6) is 11.5 Å². The summed E-state index contributed by atoms with van der Waals surface area (Å²) in [7, 11) is 3.13. The maximum absolute atomic E-state index is 13.8. The molecule has 14 heteroatoms. The van der Waals surface area contributed by atoms with E-state index in [1.807, 2.05) is 47.8 Å². The van der Waals surface area contributed by atoms with Crippen LogP contribution in [0, 0.1) is 10.1 Å². The summed E-state index contributed by atoms with van der Waals surface area (Å²) >= 11 is 2.64. The summed E-state index contributed by atoms with van der Waals surface area (Å²) in [6, 6.07) is 35.8. The molecule has 12 nitrogen and oxygen atoms in total. The van der Waals surface area contributed by atoms with E-state index in [9.17, 15) is 24.5 Å². The van der Waals surface area contributed by atoms with E-state index in [1.165, 1.54) is 53.4 Å². The van der Waals surface area contributed by atoms with Crippen LogP contribution in [0.15, 0.2) is 143 Å². The van der Waals surface area contributed by atoms with Crippen LogP contribution in [0.1, 0.15) is 26.7 Å². The number of non-ortho nitro benzene ring substituents is 1.